The van der Waals surface area contributed by atoms with E-state index in [4.69, 9.17) is 17.0 Å². The highest BCUT2D eigenvalue weighted by Crippen LogP contribution is 2.15. The molecule has 7 heteroatoms. The summed E-state index contributed by atoms with van der Waals surface area (Å²) in [5, 5.41) is 17.1. The van der Waals surface area contributed by atoms with E-state index in [2.05, 4.69) is 10.6 Å². The summed E-state index contributed by atoms with van der Waals surface area (Å²) in [6, 6.07) is 13.7. The molecule has 0 amide bonds. The minimum atomic E-state index is -0.441. The van der Waals surface area contributed by atoms with Crippen LogP contribution >= 0.6 is 12.2 Å². The van der Waals surface area contributed by atoms with Crippen molar-refractivity contribution in [3.05, 3.63) is 64.2 Å². The number of hydrogen-bond acceptors (Lipinski definition) is 4. The van der Waals surface area contributed by atoms with Gasteiger partial charge in [-0.3, -0.25) is 10.1 Å². The maximum absolute atomic E-state index is 10.6. The third-order valence-corrected chi connectivity index (χ3v) is 3.17. The molecule has 0 aliphatic carbocycles. The number of nitro groups is 1. The van der Waals surface area contributed by atoms with Crippen LogP contribution in [0.1, 0.15) is 5.56 Å². The summed E-state index contributed by atoms with van der Waals surface area (Å²) in [7, 11) is 1.62. The van der Waals surface area contributed by atoms with Gasteiger partial charge in [-0.15, -0.1) is 0 Å². The molecule has 22 heavy (non-hydrogen) atoms. The summed E-state index contributed by atoms with van der Waals surface area (Å²) in [5.41, 5.74) is 1.77. The summed E-state index contributed by atoms with van der Waals surface area (Å²) in [4.78, 5) is 10.1. The molecule has 0 aliphatic heterocycles. The Labute approximate surface area is 133 Å². The Morgan fingerprint density at radius 3 is 2.64 bits per heavy atom. The van der Waals surface area contributed by atoms with Crippen molar-refractivity contribution in [1.29, 1.82) is 0 Å². The highest BCUT2D eigenvalue weighted by Gasteiger charge is 2.04. The quantitative estimate of drug-likeness (QED) is 0.501. The predicted molar refractivity (Wildman–Crippen MR) is 89.2 cm³/mol. The van der Waals surface area contributed by atoms with Gasteiger partial charge in [0.25, 0.3) is 5.69 Å². The van der Waals surface area contributed by atoms with Crippen LogP contribution in [-0.2, 0) is 6.54 Å². The topological polar surface area (TPSA) is 76.4 Å². The zero-order valence-electron chi connectivity index (χ0n) is 11.9. The van der Waals surface area contributed by atoms with Crippen LogP contribution in [0.25, 0.3) is 0 Å². The molecule has 0 aliphatic rings. The number of hydrogen-bond donors (Lipinski definition) is 2. The van der Waals surface area contributed by atoms with Crippen LogP contribution in [0.4, 0.5) is 11.4 Å². The second kappa shape index (κ2) is 7.37. The molecule has 114 valence electrons. The van der Waals surface area contributed by atoms with Gasteiger partial charge in [0, 0.05) is 24.4 Å². The maximum atomic E-state index is 10.6. The molecule has 2 rings (SSSR count). The molecule has 0 saturated heterocycles. The lowest BCUT2D eigenvalue weighted by Crippen LogP contribution is -2.27. The molecule has 0 aromatic heterocycles. The van der Waals surface area contributed by atoms with E-state index in [0.29, 0.717) is 17.3 Å². The zero-order valence-corrected chi connectivity index (χ0v) is 12.7. The molecular weight excluding hydrogens is 302 g/mol. The van der Waals surface area contributed by atoms with Crippen LogP contribution < -0.4 is 15.4 Å². The summed E-state index contributed by atoms with van der Waals surface area (Å²) >= 11 is 5.19. The van der Waals surface area contributed by atoms with Crippen molar-refractivity contribution in [3.63, 3.8) is 0 Å². The van der Waals surface area contributed by atoms with Crippen LogP contribution in [0.3, 0.4) is 0 Å². The van der Waals surface area contributed by atoms with Gasteiger partial charge in [-0.05, 0) is 42.0 Å². The van der Waals surface area contributed by atoms with Gasteiger partial charge in [0.1, 0.15) is 5.75 Å². The smallest absolute Gasteiger partial charge is 0.269 e. The number of thiocarbonyl (C=S) groups is 1. The van der Waals surface area contributed by atoms with Gasteiger partial charge >= 0.3 is 0 Å². The van der Waals surface area contributed by atoms with Crippen molar-refractivity contribution in [2.45, 2.75) is 6.54 Å². The van der Waals surface area contributed by atoms with Crippen molar-refractivity contribution in [2.75, 3.05) is 12.4 Å². The second-order valence-corrected chi connectivity index (χ2v) is 4.87. The molecule has 0 spiro atoms. The standard InChI is InChI=1S/C15H15N3O3S/c1-21-14-4-2-3-11(9-14)10-16-15(22)17-12-5-7-13(8-6-12)18(19)20/h2-9H,10H2,1H3,(H2,16,17,22). The number of ether oxygens (including phenoxy) is 1. The van der Waals surface area contributed by atoms with Crippen LogP contribution in [0.2, 0.25) is 0 Å². The predicted octanol–water partition coefficient (Wildman–Crippen LogP) is 3.09. The number of rotatable bonds is 5. The zero-order chi connectivity index (χ0) is 15.9. The molecule has 0 fully saturated rings. The molecule has 0 bridgehead atoms. The first kappa shape index (κ1) is 15.7. The lowest BCUT2D eigenvalue weighted by molar-refractivity contribution is -0.384. The molecule has 0 unspecified atom stereocenters. The first-order valence-corrected chi connectivity index (χ1v) is 6.91. The molecule has 0 saturated carbocycles. The lowest BCUT2D eigenvalue weighted by atomic mass is 10.2. The van der Waals surface area contributed by atoms with Gasteiger partial charge in [-0.2, -0.15) is 0 Å². The average molecular weight is 317 g/mol. The van der Waals surface area contributed by atoms with Gasteiger partial charge < -0.3 is 15.4 Å². The van der Waals surface area contributed by atoms with Gasteiger partial charge in [0.15, 0.2) is 5.11 Å². The molecule has 2 aromatic carbocycles. The van der Waals surface area contributed by atoms with Gasteiger partial charge in [-0.1, -0.05) is 12.1 Å². The number of non-ortho nitro benzene ring substituents is 1. The first-order chi connectivity index (χ1) is 10.6. The number of anilines is 1. The molecule has 0 atom stereocenters. The van der Waals surface area contributed by atoms with Crippen LogP contribution in [0.15, 0.2) is 48.5 Å². The molecule has 0 radical (unpaired) electrons. The average Bonchev–Trinajstić information content (AvgIpc) is 2.53. The van der Waals surface area contributed by atoms with E-state index >= 15 is 0 Å². The summed E-state index contributed by atoms with van der Waals surface area (Å²) in [6.45, 7) is 0.552. The SMILES string of the molecule is COc1cccc(CNC(=S)Nc2ccc([N+](=O)[O-])cc2)c1. The Balaban J connectivity index is 1.88. The molecule has 2 N–H and O–H groups in total. The van der Waals surface area contributed by atoms with Crippen LogP contribution in [-0.4, -0.2) is 17.1 Å². The van der Waals surface area contributed by atoms with E-state index < -0.39 is 4.92 Å². The highest BCUT2D eigenvalue weighted by atomic mass is 32.1. The summed E-state index contributed by atoms with van der Waals surface area (Å²) in [5.74, 6) is 0.786. The molecular formula is C15H15N3O3S. The number of nitrogens with zero attached hydrogens (tertiary/aromatic N) is 1. The number of nitrogens with one attached hydrogen (secondary N) is 2. The Hall–Kier alpha value is -2.67. The molecule has 2 aromatic rings. The van der Waals surface area contributed by atoms with E-state index in [1.165, 1.54) is 12.1 Å². The second-order valence-electron chi connectivity index (χ2n) is 4.46. The summed E-state index contributed by atoms with van der Waals surface area (Å²) in [6.07, 6.45) is 0. The summed E-state index contributed by atoms with van der Waals surface area (Å²) < 4.78 is 5.16. The van der Waals surface area contributed by atoms with Crippen molar-refractivity contribution in [1.82, 2.24) is 5.32 Å². The third-order valence-electron chi connectivity index (χ3n) is 2.92. The molecule has 6 nitrogen and oxygen atoms in total. The van der Waals surface area contributed by atoms with E-state index in [0.717, 1.165) is 11.3 Å². The molecule has 0 heterocycles. The van der Waals surface area contributed by atoms with Crippen molar-refractivity contribution >= 4 is 28.7 Å². The van der Waals surface area contributed by atoms with Crippen molar-refractivity contribution in [3.8, 4) is 5.75 Å². The normalized spacial score (nSPS) is 9.86. The highest BCUT2D eigenvalue weighted by molar-refractivity contribution is 7.80. The fourth-order valence-corrected chi connectivity index (χ4v) is 2.00. The van der Waals surface area contributed by atoms with E-state index in [9.17, 15) is 10.1 Å². The number of nitro benzene ring substituents is 1. The maximum Gasteiger partial charge on any atom is 0.269 e. The monoisotopic (exact) mass is 317 g/mol. The van der Waals surface area contributed by atoms with Gasteiger partial charge in [0.05, 0.1) is 12.0 Å². The van der Waals surface area contributed by atoms with E-state index in [1.807, 2.05) is 24.3 Å². The van der Waals surface area contributed by atoms with Gasteiger partial charge in [-0.25, -0.2) is 0 Å². The fourth-order valence-electron chi connectivity index (χ4n) is 1.81. The Morgan fingerprint density at radius 1 is 1.27 bits per heavy atom. The van der Waals surface area contributed by atoms with Crippen molar-refractivity contribution in [2.24, 2.45) is 0 Å². The van der Waals surface area contributed by atoms with Crippen molar-refractivity contribution < 1.29 is 9.66 Å². The minimum Gasteiger partial charge on any atom is -0.497 e. The van der Waals surface area contributed by atoms with Crippen LogP contribution in [0, 0.1) is 10.1 Å². The lowest BCUT2D eigenvalue weighted by Gasteiger charge is -2.11. The van der Waals surface area contributed by atoms with E-state index in [-0.39, 0.29) is 5.69 Å². The fraction of sp³-hybridized carbons (Fsp3) is 0.133. The Bertz CT molecular complexity index is 674. The largest absolute Gasteiger partial charge is 0.497 e. The van der Waals surface area contributed by atoms with E-state index in [1.54, 1.807) is 19.2 Å². The van der Waals surface area contributed by atoms with Gasteiger partial charge in [0.2, 0.25) is 0 Å². The third kappa shape index (κ3) is 4.42. The van der Waals surface area contributed by atoms with Crippen LogP contribution in [0.5, 0.6) is 5.75 Å². The first-order valence-electron chi connectivity index (χ1n) is 6.51. The number of methoxy groups -OCH3 is 1. The Kier molecular flexibility index (Phi) is 5.26. The number of benzene rings is 2. The minimum absolute atomic E-state index is 0.0424. The Morgan fingerprint density at radius 2 is 2.00 bits per heavy atom.